The zero-order chi connectivity index (χ0) is 20.5. The fourth-order valence-electron chi connectivity index (χ4n) is 4.71. The number of ether oxygens (including phenoxy) is 1. The lowest BCUT2D eigenvalue weighted by Crippen LogP contribution is -2.46. The van der Waals surface area contributed by atoms with E-state index in [-0.39, 0.29) is 16.9 Å². The largest absolute Gasteiger partial charge is 0.376 e. The van der Waals surface area contributed by atoms with Gasteiger partial charge in [-0.3, -0.25) is 14.2 Å². The number of amides is 1. The average molecular weight is 393 g/mol. The van der Waals surface area contributed by atoms with E-state index in [1.165, 1.54) is 11.1 Å². The maximum atomic E-state index is 13.0. The molecule has 3 aromatic rings. The van der Waals surface area contributed by atoms with Crippen molar-refractivity contribution in [1.29, 1.82) is 0 Å². The molecule has 1 atom stereocenters. The summed E-state index contributed by atoms with van der Waals surface area (Å²) in [5, 5.41) is 3.10. The maximum absolute atomic E-state index is 13.0. The first-order valence-electron chi connectivity index (χ1n) is 10.1. The number of carbonyl (C=O) groups excluding carboxylic acids is 1. The van der Waals surface area contributed by atoms with Crippen LogP contribution in [0.4, 0.5) is 0 Å². The second kappa shape index (κ2) is 7.59. The molecule has 152 valence electrons. The molecule has 0 aliphatic carbocycles. The molecule has 0 saturated carbocycles. The van der Waals surface area contributed by atoms with Crippen molar-refractivity contribution >= 4 is 11.6 Å². The van der Waals surface area contributed by atoms with Gasteiger partial charge in [-0.2, -0.15) is 0 Å². The molecule has 1 saturated heterocycles. The molecule has 0 spiro atoms. The Morgan fingerprint density at radius 3 is 2.90 bits per heavy atom. The average Bonchev–Trinajstić information content (AvgIpc) is 3.09. The summed E-state index contributed by atoms with van der Waals surface area (Å²) in [5.41, 5.74) is 3.72. The number of nitrogens with one attached hydrogen (secondary N) is 1. The first kappa shape index (κ1) is 19.6. The molecule has 29 heavy (non-hydrogen) atoms. The van der Waals surface area contributed by atoms with Gasteiger partial charge in [0.05, 0.1) is 30.2 Å². The summed E-state index contributed by atoms with van der Waals surface area (Å²) in [4.78, 5) is 21.5. The molecule has 1 N–H and O–H groups in total. The summed E-state index contributed by atoms with van der Waals surface area (Å²) >= 11 is 0. The molecule has 6 heteroatoms. The molecule has 1 unspecified atom stereocenters. The fraction of sp³-hybridized carbons (Fsp3) is 0.435. The van der Waals surface area contributed by atoms with Crippen molar-refractivity contribution in [3.05, 3.63) is 65.9 Å². The fourth-order valence-corrected chi connectivity index (χ4v) is 4.71. The van der Waals surface area contributed by atoms with Crippen LogP contribution in [0.1, 0.15) is 49.9 Å². The summed E-state index contributed by atoms with van der Waals surface area (Å²) in [6.07, 6.45) is 9.18. The molecule has 1 aliphatic rings. The number of rotatable bonds is 5. The van der Waals surface area contributed by atoms with Gasteiger partial charge in [0, 0.05) is 30.8 Å². The summed E-state index contributed by atoms with van der Waals surface area (Å²) in [7, 11) is 0. The lowest BCUT2D eigenvalue weighted by atomic mass is 9.66. The van der Waals surface area contributed by atoms with Crippen molar-refractivity contribution < 1.29 is 9.53 Å². The summed E-state index contributed by atoms with van der Waals surface area (Å²) in [6.45, 7) is 7.46. The first-order valence-corrected chi connectivity index (χ1v) is 10.1. The van der Waals surface area contributed by atoms with E-state index in [1.54, 1.807) is 18.6 Å². The van der Waals surface area contributed by atoms with Crippen molar-refractivity contribution in [2.75, 3.05) is 6.61 Å². The van der Waals surface area contributed by atoms with Crippen LogP contribution in [-0.2, 0) is 21.5 Å². The summed E-state index contributed by atoms with van der Waals surface area (Å²) in [5.74, 6) is 0.0509. The summed E-state index contributed by atoms with van der Waals surface area (Å²) < 4.78 is 7.93. The van der Waals surface area contributed by atoms with E-state index >= 15 is 0 Å². The SMILES string of the molecule is Cc1ccccc1C1(CC(=O)NCc2cnc3cnccn23)CCOC(C)(C)C1. The minimum atomic E-state index is -0.255. The van der Waals surface area contributed by atoms with Gasteiger partial charge in [-0.15, -0.1) is 0 Å². The Hall–Kier alpha value is -2.73. The molecular weight excluding hydrogens is 364 g/mol. The predicted octanol–water partition coefficient (Wildman–Crippen LogP) is 3.57. The predicted molar refractivity (Wildman–Crippen MR) is 112 cm³/mol. The van der Waals surface area contributed by atoms with E-state index < -0.39 is 0 Å². The Bertz CT molecular complexity index is 1030. The van der Waals surface area contributed by atoms with Gasteiger partial charge in [-0.1, -0.05) is 24.3 Å². The highest BCUT2D eigenvalue weighted by Crippen LogP contribution is 2.45. The second-order valence-corrected chi connectivity index (χ2v) is 8.64. The zero-order valence-corrected chi connectivity index (χ0v) is 17.3. The van der Waals surface area contributed by atoms with Crippen LogP contribution in [0, 0.1) is 6.92 Å². The molecule has 3 heterocycles. The Morgan fingerprint density at radius 1 is 1.28 bits per heavy atom. The van der Waals surface area contributed by atoms with Crippen molar-refractivity contribution in [2.24, 2.45) is 0 Å². The first-order chi connectivity index (χ1) is 13.9. The number of aryl methyl sites for hydroxylation is 1. The monoisotopic (exact) mass is 392 g/mol. The van der Waals surface area contributed by atoms with Gasteiger partial charge in [-0.05, 0) is 44.7 Å². The van der Waals surface area contributed by atoms with E-state index in [9.17, 15) is 4.79 Å². The summed E-state index contributed by atoms with van der Waals surface area (Å²) in [6, 6.07) is 8.42. The highest BCUT2D eigenvalue weighted by molar-refractivity contribution is 5.78. The molecule has 4 rings (SSSR count). The molecule has 6 nitrogen and oxygen atoms in total. The van der Waals surface area contributed by atoms with E-state index in [2.05, 4.69) is 60.3 Å². The van der Waals surface area contributed by atoms with Crippen molar-refractivity contribution in [3.63, 3.8) is 0 Å². The number of nitrogens with zero attached hydrogens (tertiary/aromatic N) is 3. The molecule has 0 radical (unpaired) electrons. The van der Waals surface area contributed by atoms with Crippen LogP contribution < -0.4 is 5.32 Å². The van der Waals surface area contributed by atoms with Gasteiger partial charge in [0.1, 0.15) is 0 Å². The number of hydrogen-bond donors (Lipinski definition) is 1. The molecular formula is C23H28N4O2. The van der Waals surface area contributed by atoms with Crippen LogP contribution in [0.2, 0.25) is 0 Å². The van der Waals surface area contributed by atoms with Crippen molar-refractivity contribution in [2.45, 2.75) is 57.6 Å². The molecule has 1 aliphatic heterocycles. The number of fused-ring (bicyclic) bond motifs is 1. The molecule has 0 bridgehead atoms. The standard InChI is InChI=1S/C23H28N4O2/c1-17-6-4-5-7-19(17)23(8-11-29-22(2,3)16-23)12-21(28)26-14-18-13-25-20-15-24-9-10-27(18)20/h4-7,9-10,13,15H,8,11-12,14,16H2,1-3H3,(H,26,28). The quantitative estimate of drug-likeness (QED) is 0.721. The van der Waals surface area contributed by atoms with Gasteiger partial charge in [0.15, 0.2) is 5.65 Å². The van der Waals surface area contributed by atoms with Gasteiger partial charge in [0.2, 0.25) is 5.91 Å². The van der Waals surface area contributed by atoms with Crippen LogP contribution >= 0.6 is 0 Å². The minimum absolute atomic E-state index is 0.0509. The minimum Gasteiger partial charge on any atom is -0.376 e. The number of aromatic nitrogens is 3. The van der Waals surface area contributed by atoms with Gasteiger partial charge >= 0.3 is 0 Å². The van der Waals surface area contributed by atoms with Crippen LogP contribution in [0.25, 0.3) is 5.65 Å². The molecule has 1 fully saturated rings. The van der Waals surface area contributed by atoms with E-state index in [0.717, 1.165) is 24.2 Å². The van der Waals surface area contributed by atoms with Gasteiger partial charge < -0.3 is 10.1 Å². The third-order valence-electron chi connectivity index (χ3n) is 5.91. The van der Waals surface area contributed by atoms with E-state index in [0.29, 0.717) is 19.6 Å². The maximum Gasteiger partial charge on any atom is 0.221 e. The van der Waals surface area contributed by atoms with Crippen LogP contribution in [0.15, 0.2) is 49.1 Å². The number of imidazole rings is 1. The van der Waals surface area contributed by atoms with E-state index in [4.69, 9.17) is 4.74 Å². The van der Waals surface area contributed by atoms with Crippen LogP contribution in [-0.4, -0.2) is 32.5 Å². The van der Waals surface area contributed by atoms with Crippen molar-refractivity contribution in [3.8, 4) is 0 Å². The highest BCUT2D eigenvalue weighted by atomic mass is 16.5. The topological polar surface area (TPSA) is 68.5 Å². The smallest absolute Gasteiger partial charge is 0.221 e. The van der Waals surface area contributed by atoms with Gasteiger partial charge in [-0.25, -0.2) is 4.98 Å². The van der Waals surface area contributed by atoms with E-state index in [1.807, 2.05) is 10.6 Å². The Kier molecular flexibility index (Phi) is 5.13. The normalized spacial score (nSPS) is 21.2. The van der Waals surface area contributed by atoms with Crippen LogP contribution in [0.3, 0.4) is 0 Å². The Morgan fingerprint density at radius 2 is 2.10 bits per heavy atom. The lowest BCUT2D eigenvalue weighted by Gasteiger charge is -2.45. The third kappa shape index (κ3) is 4.03. The molecule has 1 aromatic carbocycles. The number of carbonyl (C=O) groups is 1. The highest BCUT2D eigenvalue weighted by Gasteiger charge is 2.44. The van der Waals surface area contributed by atoms with Gasteiger partial charge in [0.25, 0.3) is 0 Å². The van der Waals surface area contributed by atoms with Crippen LogP contribution in [0.5, 0.6) is 0 Å². The zero-order valence-electron chi connectivity index (χ0n) is 17.3. The third-order valence-corrected chi connectivity index (χ3v) is 5.91. The number of hydrogen-bond acceptors (Lipinski definition) is 4. The number of benzene rings is 1. The second-order valence-electron chi connectivity index (χ2n) is 8.64. The molecule has 1 amide bonds. The molecule has 2 aromatic heterocycles. The van der Waals surface area contributed by atoms with Crippen molar-refractivity contribution in [1.82, 2.24) is 19.7 Å². The lowest BCUT2D eigenvalue weighted by molar-refractivity contribution is -0.126. The Balaban J connectivity index is 1.54. The Labute approximate surface area is 171 Å².